The molecule has 1 aliphatic heterocycles. The molecular weight excluding hydrogens is 390 g/mol. The van der Waals surface area contributed by atoms with E-state index in [4.69, 9.17) is 9.84 Å². The van der Waals surface area contributed by atoms with Crippen molar-refractivity contribution in [3.05, 3.63) is 64.0 Å². The first-order valence-corrected chi connectivity index (χ1v) is 9.08. The van der Waals surface area contributed by atoms with Gasteiger partial charge in [0.05, 0.1) is 11.5 Å². The van der Waals surface area contributed by atoms with Gasteiger partial charge in [0.1, 0.15) is 18.2 Å². The van der Waals surface area contributed by atoms with Crippen molar-refractivity contribution in [2.45, 2.75) is 33.2 Å². The van der Waals surface area contributed by atoms with E-state index in [9.17, 15) is 22.4 Å². The Bertz CT molecular complexity index is 898. The van der Waals surface area contributed by atoms with Crippen molar-refractivity contribution in [3.63, 3.8) is 0 Å². The molecule has 0 aliphatic carbocycles. The maximum absolute atomic E-state index is 13.7. The van der Waals surface area contributed by atoms with Crippen LogP contribution >= 0.6 is 0 Å². The van der Waals surface area contributed by atoms with E-state index in [0.717, 1.165) is 22.8 Å². The number of aryl methyl sites for hydroxylation is 2. The molecule has 0 radical (unpaired) electrons. The van der Waals surface area contributed by atoms with Crippen molar-refractivity contribution in [2.75, 3.05) is 13.1 Å². The average Bonchev–Trinajstić information content (AvgIpc) is 2.55. The minimum Gasteiger partial charge on any atom is -0.488 e. The predicted octanol–water partition coefficient (Wildman–Crippen LogP) is 4.56. The number of likely N-dealkylation sites (tertiary alicyclic amines) is 1. The van der Waals surface area contributed by atoms with E-state index in [0.29, 0.717) is 37.0 Å². The molecule has 29 heavy (non-hydrogen) atoms. The standard InChI is InChI=1S/C21H21F4NO3/c1-12-5-15(8-26-9-16(10-26)20(27)28)6-13(2)19(12)29-11-14-3-4-17(18(22)7-14)21(23,24)25/h3-7,16H,8-11H2,1-2H3,(H,27,28). The van der Waals surface area contributed by atoms with Gasteiger partial charge in [0.15, 0.2) is 0 Å². The van der Waals surface area contributed by atoms with E-state index in [2.05, 4.69) is 0 Å². The van der Waals surface area contributed by atoms with Crippen LogP contribution in [0.15, 0.2) is 30.3 Å². The summed E-state index contributed by atoms with van der Waals surface area (Å²) in [5, 5.41) is 8.94. The zero-order chi connectivity index (χ0) is 21.3. The largest absolute Gasteiger partial charge is 0.488 e. The van der Waals surface area contributed by atoms with Gasteiger partial charge in [-0.1, -0.05) is 18.2 Å². The molecule has 0 bridgehead atoms. The Kier molecular flexibility index (Phi) is 5.84. The molecule has 0 unspecified atom stereocenters. The molecule has 3 rings (SSSR count). The molecule has 2 aromatic carbocycles. The Morgan fingerprint density at radius 1 is 1.14 bits per heavy atom. The SMILES string of the molecule is Cc1cc(CN2CC(C(=O)O)C2)cc(C)c1OCc1ccc(C(F)(F)F)c(F)c1. The number of aliphatic carboxylic acids is 1. The highest BCUT2D eigenvalue weighted by atomic mass is 19.4. The third-order valence-electron chi connectivity index (χ3n) is 4.95. The van der Waals surface area contributed by atoms with Crippen LogP contribution in [0.2, 0.25) is 0 Å². The van der Waals surface area contributed by atoms with Gasteiger partial charge in [-0.2, -0.15) is 13.2 Å². The third-order valence-corrected chi connectivity index (χ3v) is 4.95. The minimum absolute atomic E-state index is 0.0531. The number of carboxylic acid groups (broad SMARTS) is 1. The van der Waals surface area contributed by atoms with E-state index in [1.165, 1.54) is 6.07 Å². The van der Waals surface area contributed by atoms with Gasteiger partial charge >= 0.3 is 12.1 Å². The van der Waals surface area contributed by atoms with Crippen LogP contribution in [0.3, 0.4) is 0 Å². The monoisotopic (exact) mass is 411 g/mol. The van der Waals surface area contributed by atoms with Gasteiger partial charge in [-0.3, -0.25) is 9.69 Å². The van der Waals surface area contributed by atoms with Gasteiger partial charge in [-0.15, -0.1) is 0 Å². The molecule has 1 N–H and O–H groups in total. The van der Waals surface area contributed by atoms with Gasteiger partial charge in [-0.05, 0) is 48.2 Å². The van der Waals surface area contributed by atoms with E-state index in [-0.39, 0.29) is 12.5 Å². The smallest absolute Gasteiger partial charge is 0.419 e. The van der Waals surface area contributed by atoms with Crippen molar-refractivity contribution >= 4 is 5.97 Å². The molecule has 8 heteroatoms. The lowest BCUT2D eigenvalue weighted by atomic mass is 9.98. The summed E-state index contributed by atoms with van der Waals surface area (Å²) in [6, 6.07) is 6.63. The fraction of sp³-hybridized carbons (Fsp3) is 0.381. The highest BCUT2D eigenvalue weighted by molar-refractivity contribution is 5.71. The first-order valence-electron chi connectivity index (χ1n) is 9.08. The van der Waals surface area contributed by atoms with Crippen molar-refractivity contribution in [3.8, 4) is 5.75 Å². The zero-order valence-corrected chi connectivity index (χ0v) is 16.0. The maximum atomic E-state index is 13.7. The van der Waals surface area contributed by atoms with Crippen LogP contribution in [0.4, 0.5) is 17.6 Å². The molecule has 4 nitrogen and oxygen atoms in total. The molecule has 2 aromatic rings. The number of carboxylic acids is 1. The van der Waals surface area contributed by atoms with E-state index < -0.39 is 23.5 Å². The molecule has 1 aliphatic rings. The number of rotatable bonds is 6. The van der Waals surface area contributed by atoms with Crippen molar-refractivity contribution < 1.29 is 32.2 Å². The highest BCUT2D eigenvalue weighted by Gasteiger charge is 2.34. The number of nitrogens with zero attached hydrogens (tertiary/aromatic N) is 1. The topological polar surface area (TPSA) is 49.8 Å². The average molecular weight is 411 g/mol. The lowest BCUT2D eigenvalue weighted by Gasteiger charge is -2.36. The summed E-state index contributed by atoms with van der Waals surface area (Å²) in [5.41, 5.74) is 1.73. The number of carbonyl (C=O) groups is 1. The van der Waals surface area contributed by atoms with Crippen LogP contribution < -0.4 is 4.74 Å². The number of ether oxygens (including phenoxy) is 1. The van der Waals surface area contributed by atoms with Gasteiger partial charge in [0, 0.05) is 19.6 Å². The maximum Gasteiger partial charge on any atom is 0.419 e. The summed E-state index contributed by atoms with van der Waals surface area (Å²) in [6.07, 6.45) is -4.73. The van der Waals surface area contributed by atoms with Gasteiger partial charge in [-0.25, -0.2) is 4.39 Å². The van der Waals surface area contributed by atoms with Crippen LogP contribution in [-0.2, 0) is 24.1 Å². The summed E-state index contributed by atoms with van der Waals surface area (Å²) < 4.78 is 57.4. The van der Waals surface area contributed by atoms with E-state index in [1.807, 2.05) is 30.9 Å². The third kappa shape index (κ3) is 4.87. The van der Waals surface area contributed by atoms with Crippen molar-refractivity contribution in [2.24, 2.45) is 5.92 Å². The Labute approximate surface area is 165 Å². The zero-order valence-electron chi connectivity index (χ0n) is 16.0. The van der Waals surface area contributed by atoms with Crippen molar-refractivity contribution in [1.82, 2.24) is 4.90 Å². The number of benzene rings is 2. The second kappa shape index (κ2) is 8.02. The molecule has 0 spiro atoms. The van der Waals surface area contributed by atoms with Crippen LogP contribution in [0.5, 0.6) is 5.75 Å². The van der Waals surface area contributed by atoms with Crippen LogP contribution in [-0.4, -0.2) is 29.1 Å². The van der Waals surface area contributed by atoms with Crippen LogP contribution in [0.25, 0.3) is 0 Å². The molecule has 0 saturated carbocycles. The lowest BCUT2D eigenvalue weighted by Crippen LogP contribution is -2.49. The molecule has 0 atom stereocenters. The molecule has 156 valence electrons. The normalized spacial score (nSPS) is 15.2. The molecule has 0 amide bonds. The van der Waals surface area contributed by atoms with Gasteiger partial charge in [0.2, 0.25) is 0 Å². The molecule has 1 saturated heterocycles. The predicted molar refractivity (Wildman–Crippen MR) is 98.1 cm³/mol. The first kappa shape index (κ1) is 21.1. The van der Waals surface area contributed by atoms with Gasteiger partial charge in [0.25, 0.3) is 0 Å². The summed E-state index contributed by atoms with van der Waals surface area (Å²) in [6.45, 7) is 5.33. The fourth-order valence-electron chi connectivity index (χ4n) is 3.51. The molecular formula is C21H21F4NO3. The fourth-order valence-corrected chi connectivity index (χ4v) is 3.51. The summed E-state index contributed by atoms with van der Waals surface area (Å²) in [5.74, 6) is -1.82. The Morgan fingerprint density at radius 2 is 1.76 bits per heavy atom. The minimum atomic E-state index is -4.73. The quantitative estimate of drug-likeness (QED) is 0.709. The lowest BCUT2D eigenvalue weighted by molar-refractivity contribution is -0.147. The Balaban J connectivity index is 1.64. The van der Waals surface area contributed by atoms with Gasteiger partial charge < -0.3 is 9.84 Å². The highest BCUT2D eigenvalue weighted by Crippen LogP contribution is 2.32. The number of alkyl halides is 3. The molecule has 1 heterocycles. The van der Waals surface area contributed by atoms with E-state index >= 15 is 0 Å². The Hall–Kier alpha value is -2.61. The second-order valence-corrected chi connectivity index (χ2v) is 7.39. The summed E-state index contributed by atoms with van der Waals surface area (Å²) >= 11 is 0. The number of hydrogen-bond acceptors (Lipinski definition) is 3. The summed E-state index contributed by atoms with van der Waals surface area (Å²) in [7, 11) is 0. The second-order valence-electron chi connectivity index (χ2n) is 7.39. The van der Waals surface area contributed by atoms with Crippen molar-refractivity contribution in [1.29, 1.82) is 0 Å². The summed E-state index contributed by atoms with van der Waals surface area (Å²) in [4.78, 5) is 12.9. The Morgan fingerprint density at radius 3 is 2.28 bits per heavy atom. The molecule has 0 aromatic heterocycles. The number of hydrogen-bond donors (Lipinski definition) is 1. The first-order chi connectivity index (χ1) is 13.5. The van der Waals surface area contributed by atoms with Crippen LogP contribution in [0, 0.1) is 25.6 Å². The molecule has 1 fully saturated rings. The number of halogens is 4. The van der Waals surface area contributed by atoms with E-state index in [1.54, 1.807) is 0 Å². The van der Waals surface area contributed by atoms with Crippen LogP contribution in [0.1, 0.15) is 27.8 Å².